The summed E-state index contributed by atoms with van der Waals surface area (Å²) in [6.07, 6.45) is 6.42. The number of esters is 2. The van der Waals surface area contributed by atoms with E-state index < -0.39 is 12.2 Å². The van der Waals surface area contributed by atoms with Gasteiger partial charge in [0.1, 0.15) is 0 Å². The van der Waals surface area contributed by atoms with Crippen LogP contribution >= 0.6 is 0 Å². The Balaban J connectivity index is 1.89. The number of hydrogen-bond donors (Lipinski definition) is 0. The summed E-state index contributed by atoms with van der Waals surface area (Å²) < 4.78 is 16.0. The highest BCUT2D eigenvalue weighted by Crippen LogP contribution is 2.51. The van der Waals surface area contributed by atoms with Crippen LogP contribution in [0.4, 0.5) is 0 Å². The van der Waals surface area contributed by atoms with Gasteiger partial charge in [0.25, 0.3) is 0 Å². The first-order valence-electron chi connectivity index (χ1n) is 9.30. The van der Waals surface area contributed by atoms with E-state index in [4.69, 9.17) is 14.2 Å². The van der Waals surface area contributed by atoms with Crippen molar-refractivity contribution in [3.8, 4) is 0 Å². The maximum absolute atomic E-state index is 12.2. The maximum Gasteiger partial charge on any atom is 0.312 e. The van der Waals surface area contributed by atoms with Crippen molar-refractivity contribution in [2.24, 2.45) is 22.7 Å². The highest BCUT2D eigenvalue weighted by molar-refractivity contribution is 5.82. The number of rotatable bonds is 3. The molecule has 0 amide bonds. The monoisotopic (exact) mass is 350 g/mol. The fourth-order valence-electron chi connectivity index (χ4n) is 5.12. The summed E-state index contributed by atoms with van der Waals surface area (Å²) in [6.45, 7) is 8.95. The molecule has 0 aromatic heterocycles. The van der Waals surface area contributed by atoms with Crippen molar-refractivity contribution < 1.29 is 23.8 Å². The number of methoxy groups -OCH3 is 1. The van der Waals surface area contributed by atoms with Crippen LogP contribution in [-0.4, -0.2) is 31.4 Å². The Morgan fingerprint density at radius 3 is 2.68 bits per heavy atom. The Labute approximate surface area is 150 Å². The molecule has 0 unspecified atom stereocenters. The third-order valence-corrected chi connectivity index (χ3v) is 6.07. The molecule has 2 aliphatic heterocycles. The van der Waals surface area contributed by atoms with Gasteiger partial charge < -0.3 is 14.2 Å². The van der Waals surface area contributed by atoms with Crippen molar-refractivity contribution >= 4 is 11.9 Å². The zero-order valence-corrected chi connectivity index (χ0v) is 16.0. The molecule has 0 N–H and O–H groups in total. The minimum Gasteiger partial charge on any atom is -0.469 e. The minimum absolute atomic E-state index is 0.0477. The standard InChI is InChI=1S/C20H30O5/c1-12-14(10-20(4)8-6-7-19(2,3)11-20)16-13(9-15(21)23-5)17(22)25-18(16)24-12/h10,12-13,16,18H,6-9,11H2,1-5H3/b14-10-/t12-,13-,16-,18+,20-/m1/s1. The molecule has 0 aromatic rings. The first-order chi connectivity index (χ1) is 11.6. The van der Waals surface area contributed by atoms with Crippen LogP contribution < -0.4 is 0 Å². The quantitative estimate of drug-likeness (QED) is 0.575. The average Bonchev–Trinajstić information content (AvgIpc) is 2.94. The molecule has 1 saturated carbocycles. The number of carbonyl (C=O) groups excluding carboxylic acids is 2. The van der Waals surface area contributed by atoms with Gasteiger partial charge in [-0.25, -0.2) is 0 Å². The summed E-state index contributed by atoms with van der Waals surface area (Å²) in [6, 6.07) is 0. The third kappa shape index (κ3) is 3.62. The van der Waals surface area contributed by atoms with Gasteiger partial charge in [0, 0.05) is 0 Å². The van der Waals surface area contributed by atoms with E-state index in [9.17, 15) is 9.59 Å². The van der Waals surface area contributed by atoms with Gasteiger partial charge in [0.15, 0.2) is 0 Å². The topological polar surface area (TPSA) is 61.8 Å². The van der Waals surface area contributed by atoms with E-state index in [0.29, 0.717) is 5.41 Å². The maximum atomic E-state index is 12.2. The number of ether oxygens (including phenoxy) is 3. The van der Waals surface area contributed by atoms with Gasteiger partial charge in [-0.05, 0) is 42.6 Å². The van der Waals surface area contributed by atoms with Gasteiger partial charge in [-0.3, -0.25) is 9.59 Å². The third-order valence-electron chi connectivity index (χ3n) is 6.07. The first-order valence-corrected chi connectivity index (χ1v) is 9.30. The van der Waals surface area contributed by atoms with Crippen molar-refractivity contribution in [2.75, 3.05) is 7.11 Å². The molecule has 5 nitrogen and oxygen atoms in total. The highest BCUT2D eigenvalue weighted by Gasteiger charge is 2.54. The van der Waals surface area contributed by atoms with Crippen LogP contribution in [0.25, 0.3) is 0 Å². The van der Waals surface area contributed by atoms with Crippen molar-refractivity contribution in [3.63, 3.8) is 0 Å². The summed E-state index contributed by atoms with van der Waals surface area (Å²) in [5.74, 6) is -1.42. The molecule has 0 aromatic carbocycles. The molecule has 140 valence electrons. The molecular formula is C20H30O5. The average molecular weight is 350 g/mol. The van der Waals surface area contributed by atoms with Crippen molar-refractivity contribution in [1.29, 1.82) is 0 Å². The SMILES string of the molecule is COC(=O)C[C@H]1C(=O)O[C@@H]2O[C@H](C)/C(=C/[C@@]3(C)CCCC(C)(C)C3)[C@H]21. The second-order valence-corrected chi connectivity index (χ2v) is 8.99. The molecule has 1 aliphatic carbocycles. The summed E-state index contributed by atoms with van der Waals surface area (Å²) in [4.78, 5) is 24.0. The Hall–Kier alpha value is -1.36. The Bertz CT molecular complexity index is 593. The van der Waals surface area contributed by atoms with E-state index in [0.717, 1.165) is 18.4 Å². The van der Waals surface area contributed by atoms with E-state index in [1.54, 1.807) is 0 Å². The van der Waals surface area contributed by atoms with Crippen LogP contribution in [0.1, 0.15) is 59.8 Å². The van der Waals surface area contributed by atoms with Gasteiger partial charge >= 0.3 is 11.9 Å². The zero-order chi connectivity index (χ0) is 18.4. The minimum atomic E-state index is -0.566. The van der Waals surface area contributed by atoms with Crippen LogP contribution in [0.2, 0.25) is 0 Å². The summed E-state index contributed by atoms with van der Waals surface area (Å²) in [5, 5.41) is 0. The van der Waals surface area contributed by atoms with Crippen LogP contribution in [-0.2, 0) is 23.8 Å². The van der Waals surface area contributed by atoms with Gasteiger partial charge in [-0.1, -0.05) is 33.3 Å². The predicted molar refractivity (Wildman–Crippen MR) is 92.5 cm³/mol. The van der Waals surface area contributed by atoms with E-state index in [-0.39, 0.29) is 35.8 Å². The molecule has 3 rings (SSSR count). The van der Waals surface area contributed by atoms with E-state index in [1.807, 2.05) is 6.92 Å². The Morgan fingerprint density at radius 1 is 1.32 bits per heavy atom. The molecule has 0 radical (unpaired) electrons. The number of hydrogen-bond acceptors (Lipinski definition) is 5. The highest BCUT2D eigenvalue weighted by atomic mass is 16.7. The second kappa shape index (κ2) is 6.42. The predicted octanol–water partition coefficient (Wildman–Crippen LogP) is 3.62. The van der Waals surface area contributed by atoms with Crippen LogP contribution in [0.3, 0.4) is 0 Å². The molecule has 5 heteroatoms. The Kier molecular flexibility index (Phi) is 4.73. The van der Waals surface area contributed by atoms with Gasteiger partial charge in [0.05, 0.1) is 31.5 Å². The largest absolute Gasteiger partial charge is 0.469 e. The van der Waals surface area contributed by atoms with Gasteiger partial charge in [-0.2, -0.15) is 0 Å². The fourth-order valence-corrected chi connectivity index (χ4v) is 5.12. The molecule has 3 aliphatic rings. The van der Waals surface area contributed by atoms with Gasteiger partial charge in [0.2, 0.25) is 6.29 Å². The van der Waals surface area contributed by atoms with Crippen molar-refractivity contribution in [2.45, 2.75) is 72.2 Å². The number of fused-ring (bicyclic) bond motifs is 1. The van der Waals surface area contributed by atoms with Crippen LogP contribution in [0.15, 0.2) is 11.6 Å². The Morgan fingerprint density at radius 2 is 2.04 bits per heavy atom. The van der Waals surface area contributed by atoms with Gasteiger partial charge in [-0.15, -0.1) is 0 Å². The lowest BCUT2D eigenvalue weighted by atomic mass is 9.63. The molecule has 3 fully saturated rings. The lowest BCUT2D eigenvalue weighted by Crippen LogP contribution is -2.31. The number of carbonyl (C=O) groups is 2. The van der Waals surface area contributed by atoms with E-state index >= 15 is 0 Å². The molecule has 5 atom stereocenters. The molecule has 0 bridgehead atoms. The molecule has 25 heavy (non-hydrogen) atoms. The second-order valence-electron chi connectivity index (χ2n) is 8.99. The smallest absolute Gasteiger partial charge is 0.312 e. The van der Waals surface area contributed by atoms with Crippen molar-refractivity contribution in [1.82, 2.24) is 0 Å². The summed E-state index contributed by atoms with van der Waals surface area (Å²) in [5.41, 5.74) is 1.52. The van der Waals surface area contributed by atoms with E-state index in [2.05, 4.69) is 26.8 Å². The van der Waals surface area contributed by atoms with Crippen LogP contribution in [0.5, 0.6) is 0 Å². The van der Waals surface area contributed by atoms with Crippen LogP contribution in [0, 0.1) is 22.7 Å². The first kappa shape index (κ1) is 18.4. The lowest BCUT2D eigenvalue weighted by molar-refractivity contribution is -0.164. The fraction of sp³-hybridized carbons (Fsp3) is 0.800. The lowest BCUT2D eigenvalue weighted by Gasteiger charge is -2.42. The summed E-state index contributed by atoms with van der Waals surface area (Å²) in [7, 11) is 1.34. The van der Waals surface area contributed by atoms with E-state index in [1.165, 1.54) is 20.0 Å². The molecule has 2 saturated heterocycles. The zero-order valence-electron chi connectivity index (χ0n) is 16.0. The molecule has 0 spiro atoms. The number of allylic oxidation sites excluding steroid dienone is 1. The molecular weight excluding hydrogens is 320 g/mol. The summed E-state index contributed by atoms with van der Waals surface area (Å²) >= 11 is 0. The molecule has 2 heterocycles. The normalized spacial score (nSPS) is 41.5. The van der Waals surface area contributed by atoms with Crippen molar-refractivity contribution in [3.05, 3.63) is 11.6 Å².